The summed E-state index contributed by atoms with van der Waals surface area (Å²) >= 11 is 10.5. The van der Waals surface area contributed by atoms with Crippen molar-refractivity contribution in [3.63, 3.8) is 0 Å². The summed E-state index contributed by atoms with van der Waals surface area (Å²) in [6.45, 7) is 4.05. The Morgan fingerprint density at radius 2 is 2.07 bits per heavy atom. The minimum absolute atomic E-state index is 0.0221. The van der Waals surface area contributed by atoms with E-state index in [4.69, 9.17) is 34.5 Å². The third-order valence-electron chi connectivity index (χ3n) is 4.71. The number of hydrogen-bond acceptors (Lipinski definition) is 6. The van der Waals surface area contributed by atoms with Gasteiger partial charge >= 0.3 is 5.97 Å². The summed E-state index contributed by atoms with van der Waals surface area (Å²) < 4.78 is 11.1. The van der Waals surface area contributed by atoms with Crippen LogP contribution in [0, 0.1) is 6.92 Å². The van der Waals surface area contributed by atoms with Crippen LogP contribution in [0.5, 0.6) is 5.75 Å². The number of carbonyl (C=O) groups is 1. The van der Waals surface area contributed by atoms with E-state index < -0.39 is 5.97 Å². The lowest BCUT2D eigenvalue weighted by atomic mass is 9.94. The van der Waals surface area contributed by atoms with Crippen molar-refractivity contribution in [3.05, 3.63) is 70.9 Å². The minimum Gasteiger partial charge on any atom is -0.461 e. The summed E-state index contributed by atoms with van der Waals surface area (Å²) in [5.41, 5.74) is 7.02. The maximum atomic E-state index is 12.6. The van der Waals surface area contributed by atoms with Crippen LogP contribution in [0.3, 0.4) is 0 Å². The van der Waals surface area contributed by atoms with Gasteiger partial charge in [-0.15, -0.1) is 4.00 Å². The van der Waals surface area contributed by atoms with Crippen molar-refractivity contribution in [1.29, 1.82) is 0 Å². The van der Waals surface area contributed by atoms with Crippen molar-refractivity contribution in [2.45, 2.75) is 19.9 Å². The van der Waals surface area contributed by atoms with Gasteiger partial charge in [0.2, 0.25) is 5.05 Å². The van der Waals surface area contributed by atoms with E-state index in [1.165, 1.54) is 0 Å². The molecule has 2 heterocycles. The van der Waals surface area contributed by atoms with Gasteiger partial charge in [-0.1, -0.05) is 24.3 Å². The maximum absolute atomic E-state index is 12.6. The second-order valence-corrected chi connectivity index (χ2v) is 7.48. The van der Waals surface area contributed by atoms with E-state index in [1.807, 2.05) is 55.5 Å². The number of nitrogens with one attached hydrogen (secondary N) is 1. The fourth-order valence-corrected chi connectivity index (χ4v) is 4.32. The van der Waals surface area contributed by atoms with Crippen LogP contribution in [0.25, 0.3) is 0 Å². The molecule has 0 saturated carbocycles. The fraction of sp³-hybridized carbons (Fsp3) is 0.200. The highest BCUT2D eigenvalue weighted by atomic mass is 32.1. The first-order valence-corrected chi connectivity index (χ1v) is 9.46. The highest BCUT2D eigenvalue weighted by molar-refractivity contribution is 7.80. The molecule has 2 aliphatic rings. The molecule has 27 heavy (non-hydrogen) atoms. The molecule has 2 unspecified atom stereocenters. The summed E-state index contributed by atoms with van der Waals surface area (Å²) in [6.07, 6.45) is 0. The summed E-state index contributed by atoms with van der Waals surface area (Å²) in [5.74, 6) is 0.205. The number of thiol groups is 1. The smallest absolute Gasteiger partial charge is 0.360 e. The quantitative estimate of drug-likeness (QED) is 0.354. The third-order valence-corrected chi connectivity index (χ3v) is 5.57. The zero-order chi connectivity index (χ0) is 19.2. The molecule has 0 spiro atoms. The average Bonchev–Trinajstić information content (AvgIpc) is 2.98. The van der Waals surface area contributed by atoms with E-state index in [2.05, 4.69) is 5.43 Å². The van der Waals surface area contributed by atoms with Gasteiger partial charge < -0.3 is 9.47 Å². The first kappa shape index (κ1) is 18.0. The molecule has 0 radical (unpaired) electrons. The second kappa shape index (κ2) is 6.67. The van der Waals surface area contributed by atoms with E-state index >= 15 is 0 Å². The van der Waals surface area contributed by atoms with Crippen LogP contribution in [0.1, 0.15) is 24.1 Å². The summed E-state index contributed by atoms with van der Waals surface area (Å²) in [6, 6.07) is 15.3. The first-order chi connectivity index (χ1) is 13.0. The van der Waals surface area contributed by atoms with E-state index in [0.717, 1.165) is 16.8 Å². The molecule has 2 atom stereocenters. The molecule has 2 aromatic carbocycles. The van der Waals surface area contributed by atoms with Crippen molar-refractivity contribution >= 4 is 41.7 Å². The Hall–Kier alpha value is -2.35. The van der Waals surface area contributed by atoms with Gasteiger partial charge in [-0.05, 0) is 43.8 Å². The Morgan fingerprint density at radius 3 is 2.81 bits per heavy atom. The van der Waals surface area contributed by atoms with Gasteiger partial charge in [0.15, 0.2) is 17.4 Å². The number of aryl methyl sites for hydroxylation is 1. The Bertz CT molecular complexity index is 989. The van der Waals surface area contributed by atoms with Crippen molar-refractivity contribution < 1.29 is 14.3 Å². The second-order valence-electron chi connectivity index (χ2n) is 6.48. The van der Waals surface area contributed by atoms with E-state index in [0.29, 0.717) is 11.3 Å². The molecule has 0 bridgehead atoms. The predicted octanol–water partition coefficient (Wildman–Crippen LogP) is 3.94. The molecule has 4 rings (SSSR count). The van der Waals surface area contributed by atoms with Gasteiger partial charge in [0.05, 0.1) is 25.0 Å². The zero-order valence-corrected chi connectivity index (χ0v) is 16.6. The molecule has 2 aliphatic heterocycles. The number of nitrogens with zero attached hydrogens (tertiary/aromatic N) is 1. The number of fused-ring (bicyclic) bond motifs is 3. The standard InChI is InChI=1S/C20H18N2O3S2/c1-3-24-19(23)17-16-18(14-9-4-5-10-15(14)25-20(16)26)22(27,21-17)13-8-6-7-12(2)11-13/h4-11,18,27H,3H2,1-2H3/p+1. The topological polar surface area (TPSA) is 47.6 Å². The lowest BCUT2D eigenvalue weighted by Gasteiger charge is -2.35. The number of carbonyl (C=O) groups excluding carboxylic acids is 1. The van der Waals surface area contributed by atoms with Crippen LogP contribution in [-0.2, 0) is 9.53 Å². The molecule has 1 N–H and O–H groups in total. The molecular weight excluding hydrogens is 380 g/mol. The fourth-order valence-electron chi connectivity index (χ4n) is 3.56. The summed E-state index contributed by atoms with van der Waals surface area (Å²) in [7, 11) is 0. The van der Waals surface area contributed by atoms with Crippen LogP contribution in [0.15, 0.2) is 59.8 Å². The summed E-state index contributed by atoms with van der Waals surface area (Å²) in [4.78, 5) is 12.6. The Kier molecular flexibility index (Phi) is 4.46. The number of para-hydroxylation sites is 1. The molecule has 0 saturated heterocycles. The monoisotopic (exact) mass is 399 g/mol. The normalized spacial score (nSPS) is 23.2. The molecule has 5 nitrogen and oxygen atoms in total. The largest absolute Gasteiger partial charge is 0.461 e. The number of esters is 1. The maximum Gasteiger partial charge on any atom is 0.360 e. The Morgan fingerprint density at radius 1 is 1.30 bits per heavy atom. The van der Waals surface area contributed by atoms with Crippen molar-refractivity contribution in [3.8, 4) is 5.75 Å². The van der Waals surface area contributed by atoms with E-state index in [1.54, 1.807) is 6.92 Å². The van der Waals surface area contributed by atoms with Crippen LogP contribution in [0.4, 0.5) is 5.69 Å². The highest BCUT2D eigenvalue weighted by Gasteiger charge is 2.56. The van der Waals surface area contributed by atoms with Gasteiger partial charge in [0.25, 0.3) is 0 Å². The van der Waals surface area contributed by atoms with Gasteiger partial charge in [0.1, 0.15) is 11.3 Å². The Balaban J connectivity index is 1.95. The molecule has 2 aromatic rings. The van der Waals surface area contributed by atoms with E-state index in [-0.39, 0.29) is 27.4 Å². The molecule has 0 aliphatic carbocycles. The van der Waals surface area contributed by atoms with Crippen LogP contribution < -0.4 is 14.2 Å². The number of quaternary nitrogens is 1. The number of rotatable bonds is 3. The number of hydrogen-bond donors (Lipinski definition) is 2. The van der Waals surface area contributed by atoms with Crippen LogP contribution >= 0.6 is 25.0 Å². The molecule has 7 heteroatoms. The van der Waals surface area contributed by atoms with Crippen molar-refractivity contribution in [1.82, 2.24) is 9.42 Å². The molecule has 0 amide bonds. The SMILES string of the molecule is CCOC(=O)C1=C2C(=S)Oc3ccccc3C2[N+](S)(c2cccc(C)c2)N1. The lowest BCUT2D eigenvalue weighted by molar-refractivity contribution is -0.139. The number of benzene rings is 2. The van der Waals surface area contributed by atoms with Crippen molar-refractivity contribution in [2.24, 2.45) is 0 Å². The lowest BCUT2D eigenvalue weighted by Crippen LogP contribution is -2.50. The van der Waals surface area contributed by atoms with Crippen LogP contribution in [0.2, 0.25) is 0 Å². The van der Waals surface area contributed by atoms with Gasteiger partial charge in [0, 0.05) is 12.1 Å². The summed E-state index contributed by atoms with van der Waals surface area (Å²) in [5, 5.41) is 0.260. The highest BCUT2D eigenvalue weighted by Crippen LogP contribution is 2.51. The van der Waals surface area contributed by atoms with Crippen LogP contribution in [-0.4, -0.2) is 17.6 Å². The van der Waals surface area contributed by atoms with Gasteiger partial charge in [-0.3, -0.25) is 0 Å². The minimum atomic E-state index is -0.468. The Labute approximate surface area is 168 Å². The molecule has 0 fully saturated rings. The van der Waals surface area contributed by atoms with Crippen molar-refractivity contribution in [2.75, 3.05) is 6.61 Å². The average molecular weight is 400 g/mol. The van der Waals surface area contributed by atoms with Gasteiger partial charge in [-0.25, -0.2) is 10.2 Å². The molecule has 138 valence electrons. The van der Waals surface area contributed by atoms with E-state index in [9.17, 15) is 4.79 Å². The molecular formula is C20H19N2O3S2+. The number of ether oxygens (including phenoxy) is 2. The van der Waals surface area contributed by atoms with Gasteiger partial charge in [-0.2, -0.15) is 0 Å². The number of thiocarbonyl (C=S) groups is 1. The first-order valence-electron chi connectivity index (χ1n) is 8.65. The zero-order valence-electron chi connectivity index (χ0n) is 14.9. The molecule has 0 aromatic heterocycles. The predicted molar refractivity (Wildman–Crippen MR) is 111 cm³/mol. The third kappa shape index (κ3) is 2.82.